The van der Waals surface area contributed by atoms with Crippen LogP contribution in [0.3, 0.4) is 0 Å². The third kappa shape index (κ3) is 8.23. The molecule has 220 valence electrons. The molecule has 3 rings (SSSR count). The van der Waals surface area contributed by atoms with Gasteiger partial charge in [0.15, 0.2) is 0 Å². The van der Waals surface area contributed by atoms with Gasteiger partial charge in [0.1, 0.15) is 24.1 Å². The second-order valence-electron chi connectivity index (χ2n) is 9.71. The lowest BCUT2D eigenvalue weighted by molar-refractivity contribution is -0.140. The van der Waals surface area contributed by atoms with Crippen molar-refractivity contribution in [2.75, 3.05) is 24.6 Å². The Kier molecular flexibility index (Phi) is 11.2. The summed E-state index contributed by atoms with van der Waals surface area (Å²) < 4.78 is 39.8. The van der Waals surface area contributed by atoms with Gasteiger partial charge in [0.05, 0.1) is 24.3 Å². The zero-order valence-corrected chi connectivity index (χ0v) is 25.1. The molecule has 0 bridgehead atoms. The summed E-state index contributed by atoms with van der Waals surface area (Å²) in [5, 5.41) is 2.89. The molecule has 3 aromatic carbocycles. The topological polar surface area (TPSA) is 105 Å². The van der Waals surface area contributed by atoms with E-state index in [-0.39, 0.29) is 23.4 Å². The molecule has 1 atom stereocenters. The summed E-state index contributed by atoms with van der Waals surface area (Å²) in [7, 11) is -2.61. The Labute approximate surface area is 243 Å². The third-order valence-corrected chi connectivity index (χ3v) is 8.14. The largest absolute Gasteiger partial charge is 0.497 e. The molecular weight excluding hydrogens is 542 g/mol. The number of ether oxygens (including phenoxy) is 2. The monoisotopic (exact) mass is 581 g/mol. The van der Waals surface area contributed by atoms with Crippen molar-refractivity contribution in [1.82, 2.24) is 10.2 Å². The molecule has 0 fully saturated rings. The fraction of sp³-hybridized carbons (Fsp3) is 0.355. The van der Waals surface area contributed by atoms with E-state index in [1.54, 1.807) is 67.8 Å². The minimum Gasteiger partial charge on any atom is -0.497 e. The van der Waals surface area contributed by atoms with E-state index >= 15 is 0 Å². The smallest absolute Gasteiger partial charge is 0.264 e. The maximum absolute atomic E-state index is 14.1. The number of rotatable bonds is 14. The first-order valence-electron chi connectivity index (χ1n) is 13.6. The minimum atomic E-state index is -4.16. The molecule has 0 saturated carbocycles. The lowest BCUT2D eigenvalue weighted by atomic mass is 10.1. The van der Waals surface area contributed by atoms with Crippen molar-refractivity contribution in [1.29, 1.82) is 0 Å². The molecule has 41 heavy (non-hydrogen) atoms. The highest BCUT2D eigenvalue weighted by molar-refractivity contribution is 7.92. The van der Waals surface area contributed by atoms with Gasteiger partial charge in [-0.05, 0) is 81.3 Å². The van der Waals surface area contributed by atoms with Crippen LogP contribution in [0.15, 0.2) is 83.8 Å². The van der Waals surface area contributed by atoms with Crippen LogP contribution in [0.4, 0.5) is 5.69 Å². The molecule has 0 heterocycles. The Hall–Kier alpha value is -4.05. The summed E-state index contributed by atoms with van der Waals surface area (Å²) in [4.78, 5) is 28.8. The van der Waals surface area contributed by atoms with Crippen LogP contribution >= 0.6 is 0 Å². The molecule has 10 heteroatoms. The number of benzene rings is 3. The quantitative estimate of drug-likeness (QED) is 0.298. The molecule has 0 unspecified atom stereocenters. The number of hydrogen-bond acceptors (Lipinski definition) is 6. The van der Waals surface area contributed by atoms with Crippen molar-refractivity contribution in [3.05, 3.63) is 84.4 Å². The highest BCUT2D eigenvalue weighted by atomic mass is 32.2. The van der Waals surface area contributed by atoms with Crippen molar-refractivity contribution >= 4 is 27.5 Å². The van der Waals surface area contributed by atoms with Gasteiger partial charge < -0.3 is 19.7 Å². The second-order valence-corrected chi connectivity index (χ2v) is 11.6. The highest BCUT2D eigenvalue weighted by Gasteiger charge is 2.33. The molecule has 0 radical (unpaired) electrons. The van der Waals surface area contributed by atoms with Crippen LogP contribution in [-0.2, 0) is 26.2 Å². The van der Waals surface area contributed by atoms with Gasteiger partial charge in [-0.2, -0.15) is 0 Å². The zero-order chi connectivity index (χ0) is 30.0. The van der Waals surface area contributed by atoms with E-state index in [0.717, 1.165) is 9.87 Å². The van der Waals surface area contributed by atoms with Gasteiger partial charge in [0, 0.05) is 12.6 Å². The van der Waals surface area contributed by atoms with E-state index in [1.165, 1.54) is 17.0 Å². The van der Waals surface area contributed by atoms with Gasteiger partial charge in [-0.3, -0.25) is 13.9 Å². The van der Waals surface area contributed by atoms with E-state index in [2.05, 4.69) is 5.32 Å². The maximum atomic E-state index is 14.1. The fourth-order valence-electron chi connectivity index (χ4n) is 4.39. The van der Waals surface area contributed by atoms with Crippen LogP contribution in [0.2, 0.25) is 0 Å². The van der Waals surface area contributed by atoms with Crippen molar-refractivity contribution in [2.45, 2.75) is 57.6 Å². The van der Waals surface area contributed by atoms with Gasteiger partial charge in [0.25, 0.3) is 10.0 Å². The van der Waals surface area contributed by atoms with Crippen molar-refractivity contribution in [2.24, 2.45) is 0 Å². The summed E-state index contributed by atoms with van der Waals surface area (Å²) in [6, 6.07) is 20.8. The van der Waals surface area contributed by atoms with Gasteiger partial charge in [0.2, 0.25) is 11.8 Å². The molecule has 0 aliphatic carbocycles. The lowest BCUT2D eigenvalue weighted by Gasteiger charge is -2.33. The molecule has 0 aromatic heterocycles. The predicted molar refractivity (Wildman–Crippen MR) is 159 cm³/mol. The van der Waals surface area contributed by atoms with Gasteiger partial charge in [-0.1, -0.05) is 37.3 Å². The normalized spacial score (nSPS) is 12.0. The van der Waals surface area contributed by atoms with Crippen LogP contribution in [0.1, 0.15) is 39.7 Å². The lowest BCUT2D eigenvalue weighted by Crippen LogP contribution is -2.53. The Balaban J connectivity index is 2.03. The van der Waals surface area contributed by atoms with E-state index in [1.807, 2.05) is 33.8 Å². The first-order valence-corrected chi connectivity index (χ1v) is 15.1. The number of carbonyl (C=O) groups is 2. The molecule has 0 spiro atoms. The number of nitrogens with one attached hydrogen (secondary N) is 1. The van der Waals surface area contributed by atoms with Gasteiger partial charge in [-0.25, -0.2) is 8.42 Å². The number of amides is 2. The third-order valence-electron chi connectivity index (χ3n) is 6.35. The van der Waals surface area contributed by atoms with Crippen molar-refractivity contribution in [3.8, 4) is 11.5 Å². The number of methoxy groups -OCH3 is 1. The molecule has 0 aliphatic heterocycles. The Bertz CT molecular complexity index is 1390. The standard InChI is InChI=1S/C31H39N3O6S/c1-6-29(31(36)32-23(3)4)33(21-24-12-11-15-27(20-24)39-5)30(35)22-34(25-13-9-8-10-14-25)41(37,38)28-18-16-26(17-19-28)40-7-2/h8-20,23,29H,6-7,21-22H2,1-5H3,(H,32,36)/t29-/m1/s1. The Morgan fingerprint density at radius 2 is 1.59 bits per heavy atom. The minimum absolute atomic E-state index is 0.0153. The Morgan fingerprint density at radius 3 is 2.17 bits per heavy atom. The van der Waals surface area contributed by atoms with Crippen molar-refractivity contribution < 1.29 is 27.5 Å². The Morgan fingerprint density at radius 1 is 0.902 bits per heavy atom. The van der Waals surface area contributed by atoms with Crippen LogP contribution in [0.25, 0.3) is 0 Å². The molecule has 0 aliphatic rings. The van der Waals surface area contributed by atoms with Gasteiger partial charge >= 0.3 is 0 Å². The molecule has 3 aromatic rings. The summed E-state index contributed by atoms with van der Waals surface area (Å²) in [6.45, 7) is 7.39. The van der Waals surface area contributed by atoms with Crippen LogP contribution in [-0.4, -0.2) is 57.5 Å². The maximum Gasteiger partial charge on any atom is 0.264 e. The molecule has 0 saturated heterocycles. The zero-order valence-electron chi connectivity index (χ0n) is 24.2. The number of hydrogen-bond donors (Lipinski definition) is 1. The van der Waals surface area contributed by atoms with E-state index < -0.39 is 28.5 Å². The number of sulfonamides is 1. The van der Waals surface area contributed by atoms with Crippen LogP contribution in [0.5, 0.6) is 11.5 Å². The van der Waals surface area contributed by atoms with Crippen molar-refractivity contribution in [3.63, 3.8) is 0 Å². The highest BCUT2D eigenvalue weighted by Crippen LogP contribution is 2.26. The summed E-state index contributed by atoms with van der Waals surface area (Å²) in [5.74, 6) is 0.329. The molecule has 1 N–H and O–H groups in total. The second kappa shape index (κ2) is 14.5. The predicted octanol–water partition coefficient (Wildman–Crippen LogP) is 4.62. The van der Waals surface area contributed by atoms with E-state index in [4.69, 9.17) is 9.47 Å². The average molecular weight is 582 g/mol. The number of nitrogens with zero attached hydrogens (tertiary/aromatic N) is 2. The summed E-state index contributed by atoms with van der Waals surface area (Å²) in [6.07, 6.45) is 0.339. The molecule has 9 nitrogen and oxygen atoms in total. The summed E-state index contributed by atoms with van der Waals surface area (Å²) >= 11 is 0. The first-order chi connectivity index (χ1) is 19.6. The molecule has 2 amide bonds. The number of para-hydroxylation sites is 1. The molecular formula is C31H39N3O6S. The number of anilines is 1. The van der Waals surface area contributed by atoms with Crippen LogP contribution in [0, 0.1) is 0 Å². The number of carbonyl (C=O) groups excluding carboxylic acids is 2. The average Bonchev–Trinajstić information content (AvgIpc) is 2.96. The first kappa shape index (κ1) is 31.5. The SMILES string of the molecule is CCOc1ccc(S(=O)(=O)N(CC(=O)N(Cc2cccc(OC)c2)[C@H](CC)C(=O)NC(C)C)c2ccccc2)cc1. The van der Waals surface area contributed by atoms with Crippen LogP contribution < -0.4 is 19.1 Å². The van der Waals surface area contributed by atoms with E-state index in [9.17, 15) is 18.0 Å². The van der Waals surface area contributed by atoms with E-state index in [0.29, 0.717) is 30.2 Å². The fourth-order valence-corrected chi connectivity index (χ4v) is 5.81. The summed E-state index contributed by atoms with van der Waals surface area (Å²) in [5.41, 5.74) is 1.07. The van der Waals surface area contributed by atoms with Gasteiger partial charge in [-0.15, -0.1) is 0 Å².